The molecule has 0 saturated heterocycles. The van der Waals surface area contributed by atoms with Crippen LogP contribution in [0.25, 0.3) is 0 Å². The van der Waals surface area contributed by atoms with Gasteiger partial charge in [-0.3, -0.25) is 9.78 Å². The average Bonchev–Trinajstić information content (AvgIpc) is 2.55. The monoisotopic (exact) mass is 284 g/mol. The summed E-state index contributed by atoms with van der Waals surface area (Å²) in [6.45, 7) is 3.05. The minimum absolute atomic E-state index is 0.131. The lowest BCUT2D eigenvalue weighted by atomic mass is 10.1. The maximum Gasteiger partial charge on any atom is 0.253 e. The molecule has 3 rings (SSSR count). The number of carbonyl (C=O) groups is 1. The lowest BCUT2D eigenvalue weighted by Gasteiger charge is -2.21. The molecule has 1 aromatic carbocycles. The van der Waals surface area contributed by atoms with Crippen LogP contribution in [0.1, 0.15) is 28.9 Å². The van der Waals surface area contributed by atoms with Gasteiger partial charge < -0.3 is 14.8 Å². The van der Waals surface area contributed by atoms with Gasteiger partial charge in [0.2, 0.25) is 0 Å². The number of nitrogens with zero attached hydrogens (tertiary/aromatic N) is 1. The lowest BCUT2D eigenvalue weighted by Crippen LogP contribution is -2.27. The number of ether oxygens (including phenoxy) is 2. The third kappa shape index (κ3) is 2.97. The van der Waals surface area contributed by atoms with Gasteiger partial charge in [-0.25, -0.2) is 0 Å². The minimum Gasteiger partial charge on any atom is -0.486 e. The van der Waals surface area contributed by atoms with E-state index in [1.807, 2.05) is 25.1 Å². The van der Waals surface area contributed by atoms with Gasteiger partial charge in [-0.1, -0.05) is 6.07 Å². The Morgan fingerprint density at radius 1 is 1.24 bits per heavy atom. The van der Waals surface area contributed by atoms with Crippen molar-refractivity contribution in [3.05, 3.63) is 53.9 Å². The van der Waals surface area contributed by atoms with Gasteiger partial charge in [0, 0.05) is 12.4 Å². The Morgan fingerprint density at radius 2 is 2.05 bits per heavy atom. The zero-order valence-corrected chi connectivity index (χ0v) is 11.7. The van der Waals surface area contributed by atoms with E-state index in [0.29, 0.717) is 18.8 Å². The summed E-state index contributed by atoms with van der Waals surface area (Å²) in [5.41, 5.74) is 1.51. The lowest BCUT2D eigenvalue weighted by molar-refractivity contribution is 0.0939. The molecule has 2 aromatic rings. The first-order valence-corrected chi connectivity index (χ1v) is 6.84. The van der Waals surface area contributed by atoms with Crippen molar-refractivity contribution in [2.75, 3.05) is 13.2 Å². The quantitative estimate of drug-likeness (QED) is 0.939. The number of hydrogen-bond acceptors (Lipinski definition) is 4. The topological polar surface area (TPSA) is 60.5 Å². The van der Waals surface area contributed by atoms with Crippen LogP contribution in [0, 0.1) is 0 Å². The average molecular weight is 284 g/mol. The van der Waals surface area contributed by atoms with Crippen molar-refractivity contribution in [2.45, 2.75) is 13.0 Å². The van der Waals surface area contributed by atoms with Crippen LogP contribution >= 0.6 is 0 Å². The standard InChI is InChI=1S/C16H16N2O3/c1-11(18-16(19)13-3-2-6-17-10-13)12-4-5-14-15(9-12)21-8-7-20-14/h2-6,9-11H,7-8H2,1H3,(H,18,19)/t11-/m1/s1. The molecule has 21 heavy (non-hydrogen) atoms. The number of rotatable bonds is 3. The molecule has 1 aliphatic rings. The second-order valence-electron chi connectivity index (χ2n) is 4.84. The van der Waals surface area contributed by atoms with E-state index in [0.717, 1.165) is 17.1 Å². The summed E-state index contributed by atoms with van der Waals surface area (Å²) in [5.74, 6) is 1.32. The van der Waals surface area contributed by atoms with Crippen molar-refractivity contribution < 1.29 is 14.3 Å². The van der Waals surface area contributed by atoms with Crippen LogP contribution in [0.15, 0.2) is 42.7 Å². The van der Waals surface area contributed by atoms with Crippen LogP contribution in [0.5, 0.6) is 11.5 Å². The summed E-state index contributed by atoms with van der Waals surface area (Å²) < 4.78 is 11.0. The first-order valence-electron chi connectivity index (χ1n) is 6.84. The molecule has 0 bridgehead atoms. The van der Waals surface area contributed by atoms with E-state index < -0.39 is 0 Å². The van der Waals surface area contributed by atoms with Crippen molar-refractivity contribution in [1.82, 2.24) is 10.3 Å². The normalized spacial score (nSPS) is 14.3. The van der Waals surface area contributed by atoms with Crippen LogP contribution in [0.4, 0.5) is 0 Å². The van der Waals surface area contributed by atoms with Crippen molar-refractivity contribution in [3.63, 3.8) is 0 Å². The second kappa shape index (κ2) is 5.83. The van der Waals surface area contributed by atoms with Gasteiger partial charge in [0.1, 0.15) is 13.2 Å². The van der Waals surface area contributed by atoms with Crippen molar-refractivity contribution >= 4 is 5.91 Å². The van der Waals surface area contributed by atoms with Crippen LogP contribution in [0.3, 0.4) is 0 Å². The Balaban J connectivity index is 1.73. The van der Waals surface area contributed by atoms with E-state index in [4.69, 9.17) is 9.47 Å². The molecule has 1 atom stereocenters. The number of aromatic nitrogens is 1. The van der Waals surface area contributed by atoms with Gasteiger partial charge in [0.15, 0.2) is 11.5 Å². The third-order valence-electron chi connectivity index (χ3n) is 3.34. The number of hydrogen-bond donors (Lipinski definition) is 1. The third-order valence-corrected chi connectivity index (χ3v) is 3.34. The molecule has 1 aromatic heterocycles. The molecular formula is C16H16N2O3. The van der Waals surface area contributed by atoms with Gasteiger partial charge in [0.25, 0.3) is 5.91 Å². The van der Waals surface area contributed by atoms with E-state index in [1.54, 1.807) is 24.5 Å². The Hall–Kier alpha value is -2.56. The Bertz CT molecular complexity index is 643. The molecule has 5 heteroatoms. The number of nitrogens with one attached hydrogen (secondary N) is 1. The van der Waals surface area contributed by atoms with E-state index in [2.05, 4.69) is 10.3 Å². The molecule has 1 aliphatic heterocycles. The highest BCUT2D eigenvalue weighted by Crippen LogP contribution is 2.32. The second-order valence-corrected chi connectivity index (χ2v) is 4.84. The summed E-state index contributed by atoms with van der Waals surface area (Å²) >= 11 is 0. The minimum atomic E-state index is -0.148. The Kier molecular flexibility index (Phi) is 3.73. The molecule has 0 unspecified atom stereocenters. The molecule has 0 spiro atoms. The Morgan fingerprint density at radius 3 is 2.81 bits per heavy atom. The van der Waals surface area contributed by atoms with Crippen molar-refractivity contribution in [1.29, 1.82) is 0 Å². The highest BCUT2D eigenvalue weighted by molar-refractivity contribution is 5.94. The van der Waals surface area contributed by atoms with Gasteiger partial charge in [-0.2, -0.15) is 0 Å². The molecule has 0 saturated carbocycles. The van der Waals surface area contributed by atoms with E-state index >= 15 is 0 Å². The molecule has 1 amide bonds. The van der Waals surface area contributed by atoms with E-state index in [1.165, 1.54) is 0 Å². The number of benzene rings is 1. The summed E-state index contributed by atoms with van der Waals surface area (Å²) in [5, 5.41) is 2.94. The first kappa shape index (κ1) is 13.4. The van der Waals surface area contributed by atoms with Gasteiger partial charge in [-0.15, -0.1) is 0 Å². The van der Waals surface area contributed by atoms with Crippen LogP contribution in [-0.2, 0) is 0 Å². The van der Waals surface area contributed by atoms with Crippen LogP contribution in [0.2, 0.25) is 0 Å². The van der Waals surface area contributed by atoms with Crippen molar-refractivity contribution in [2.24, 2.45) is 0 Å². The predicted molar refractivity (Wildman–Crippen MR) is 77.6 cm³/mol. The fourth-order valence-corrected chi connectivity index (χ4v) is 2.19. The zero-order chi connectivity index (χ0) is 14.7. The van der Waals surface area contributed by atoms with Gasteiger partial charge in [0.05, 0.1) is 11.6 Å². The largest absolute Gasteiger partial charge is 0.486 e. The molecular weight excluding hydrogens is 268 g/mol. The fourth-order valence-electron chi connectivity index (χ4n) is 2.19. The molecule has 0 fully saturated rings. The van der Waals surface area contributed by atoms with E-state index in [-0.39, 0.29) is 11.9 Å². The molecule has 0 radical (unpaired) electrons. The summed E-state index contributed by atoms with van der Waals surface area (Å²) in [6.07, 6.45) is 3.19. The maximum atomic E-state index is 12.1. The number of pyridine rings is 1. The first-order chi connectivity index (χ1) is 10.2. The molecule has 1 N–H and O–H groups in total. The molecule has 5 nitrogen and oxygen atoms in total. The molecule has 108 valence electrons. The number of carbonyl (C=O) groups excluding carboxylic acids is 1. The maximum absolute atomic E-state index is 12.1. The Labute approximate surface area is 122 Å². The zero-order valence-electron chi connectivity index (χ0n) is 11.7. The summed E-state index contributed by atoms with van der Waals surface area (Å²) in [6, 6.07) is 9.05. The summed E-state index contributed by atoms with van der Waals surface area (Å²) in [7, 11) is 0. The van der Waals surface area contributed by atoms with Crippen LogP contribution < -0.4 is 14.8 Å². The van der Waals surface area contributed by atoms with Crippen LogP contribution in [-0.4, -0.2) is 24.1 Å². The molecule has 2 heterocycles. The highest BCUT2D eigenvalue weighted by Gasteiger charge is 2.16. The number of amides is 1. The van der Waals surface area contributed by atoms with E-state index in [9.17, 15) is 4.79 Å². The highest BCUT2D eigenvalue weighted by atomic mass is 16.6. The SMILES string of the molecule is C[C@@H](NC(=O)c1cccnc1)c1ccc2c(c1)OCCO2. The van der Waals surface area contributed by atoms with Gasteiger partial charge in [-0.05, 0) is 36.8 Å². The van der Waals surface area contributed by atoms with Crippen molar-refractivity contribution in [3.8, 4) is 11.5 Å². The van der Waals surface area contributed by atoms with Gasteiger partial charge >= 0.3 is 0 Å². The molecule has 0 aliphatic carbocycles. The summed E-state index contributed by atoms with van der Waals surface area (Å²) in [4.78, 5) is 16.1. The predicted octanol–water partition coefficient (Wildman–Crippen LogP) is 2.34. The smallest absolute Gasteiger partial charge is 0.253 e. The fraction of sp³-hybridized carbons (Fsp3) is 0.250. The number of fused-ring (bicyclic) bond motifs is 1.